The minimum absolute atomic E-state index is 0.133. The molecule has 2 aromatic carbocycles. The number of carbonyl (C=O) groups excluding carboxylic acids is 2. The second-order valence-corrected chi connectivity index (χ2v) is 9.69. The van der Waals surface area contributed by atoms with Crippen LogP contribution in [0.3, 0.4) is 0 Å². The zero-order valence-corrected chi connectivity index (χ0v) is 19.6. The van der Waals surface area contributed by atoms with Crippen molar-refractivity contribution >= 4 is 28.5 Å². The Labute approximate surface area is 200 Å². The lowest BCUT2D eigenvalue weighted by Gasteiger charge is -2.32. The molecule has 6 heteroatoms. The number of fused-ring (bicyclic) bond motifs is 1. The number of hydrogen-bond acceptors (Lipinski definition) is 4. The van der Waals surface area contributed by atoms with Crippen molar-refractivity contribution in [3.63, 3.8) is 0 Å². The third kappa shape index (κ3) is 5.33. The molecule has 2 aliphatic rings. The Kier molecular flexibility index (Phi) is 6.95. The van der Waals surface area contributed by atoms with Crippen LogP contribution in [0.1, 0.15) is 60.9 Å². The summed E-state index contributed by atoms with van der Waals surface area (Å²) in [5.41, 5.74) is 3.17. The van der Waals surface area contributed by atoms with Gasteiger partial charge in [0.2, 0.25) is 5.91 Å². The van der Waals surface area contributed by atoms with E-state index in [1.165, 1.54) is 25.5 Å². The van der Waals surface area contributed by atoms with Gasteiger partial charge in [0, 0.05) is 29.6 Å². The molecule has 0 unspecified atom stereocenters. The molecule has 6 nitrogen and oxygen atoms in total. The van der Waals surface area contributed by atoms with Crippen LogP contribution in [0.5, 0.6) is 0 Å². The third-order valence-electron chi connectivity index (χ3n) is 7.23. The van der Waals surface area contributed by atoms with Crippen molar-refractivity contribution in [1.82, 2.24) is 10.2 Å². The second-order valence-electron chi connectivity index (χ2n) is 9.69. The largest absolute Gasteiger partial charge is 0.463 e. The average Bonchev–Trinajstić information content (AvgIpc) is 3.30. The molecule has 2 fully saturated rings. The molecule has 1 aliphatic heterocycles. The van der Waals surface area contributed by atoms with Gasteiger partial charge in [-0.25, -0.2) is 0 Å². The first-order valence-corrected chi connectivity index (χ1v) is 12.5. The Morgan fingerprint density at radius 2 is 1.74 bits per heavy atom. The first-order chi connectivity index (χ1) is 16.7. The molecule has 1 aliphatic carbocycles. The van der Waals surface area contributed by atoms with Gasteiger partial charge in [-0.3, -0.25) is 14.5 Å². The highest BCUT2D eigenvalue weighted by Gasteiger charge is 2.27. The van der Waals surface area contributed by atoms with Gasteiger partial charge in [-0.05, 0) is 62.5 Å². The van der Waals surface area contributed by atoms with Crippen molar-refractivity contribution in [2.45, 2.75) is 57.5 Å². The Bertz CT molecular complexity index is 1140. The molecule has 2 amide bonds. The van der Waals surface area contributed by atoms with Gasteiger partial charge in [-0.15, -0.1) is 0 Å². The number of furan rings is 1. The first kappa shape index (κ1) is 22.7. The van der Waals surface area contributed by atoms with Crippen LogP contribution in [0.2, 0.25) is 0 Å². The van der Waals surface area contributed by atoms with Gasteiger partial charge in [0.05, 0.1) is 5.56 Å². The topological polar surface area (TPSA) is 74.6 Å². The second kappa shape index (κ2) is 10.4. The standard InChI is InChI=1S/C28H33N3O3/c32-27(29-22-8-2-1-3-9-22)21-13-15-31(16-14-21)18-20-7-6-10-23(17-20)30-28(33)25-19-34-26-12-5-4-11-24(25)26/h4-7,10-12,17,19,21-22H,1-3,8-9,13-16,18H2,(H,29,32)(H,30,33). The molecule has 2 heterocycles. The maximum absolute atomic E-state index is 12.8. The number of hydrogen-bond donors (Lipinski definition) is 2. The molecule has 0 radical (unpaired) electrons. The summed E-state index contributed by atoms with van der Waals surface area (Å²) in [5.74, 6) is 0.212. The molecular weight excluding hydrogens is 426 g/mol. The number of likely N-dealkylation sites (tertiary alicyclic amines) is 1. The molecule has 178 valence electrons. The Morgan fingerprint density at radius 1 is 0.941 bits per heavy atom. The molecule has 5 rings (SSSR count). The van der Waals surface area contributed by atoms with E-state index in [4.69, 9.17) is 4.42 Å². The number of carbonyl (C=O) groups is 2. The van der Waals surface area contributed by atoms with E-state index in [2.05, 4.69) is 21.6 Å². The number of nitrogens with one attached hydrogen (secondary N) is 2. The van der Waals surface area contributed by atoms with E-state index >= 15 is 0 Å². The summed E-state index contributed by atoms with van der Waals surface area (Å²) in [6.45, 7) is 2.65. The van der Waals surface area contributed by atoms with Gasteiger partial charge in [0.25, 0.3) is 5.91 Å². The van der Waals surface area contributed by atoms with Gasteiger partial charge in [-0.1, -0.05) is 49.6 Å². The molecule has 0 atom stereocenters. The molecule has 0 bridgehead atoms. The van der Waals surface area contributed by atoms with E-state index in [0.29, 0.717) is 17.2 Å². The zero-order chi connectivity index (χ0) is 23.3. The summed E-state index contributed by atoms with van der Waals surface area (Å²) in [4.78, 5) is 27.9. The fourth-order valence-electron chi connectivity index (χ4n) is 5.28. The van der Waals surface area contributed by atoms with E-state index < -0.39 is 0 Å². The highest BCUT2D eigenvalue weighted by molar-refractivity contribution is 6.12. The summed E-state index contributed by atoms with van der Waals surface area (Å²) < 4.78 is 5.50. The SMILES string of the molecule is O=C(Nc1cccc(CN2CCC(C(=O)NC3CCCCC3)CC2)c1)c1coc2ccccc12. The van der Waals surface area contributed by atoms with Crippen LogP contribution < -0.4 is 10.6 Å². The number of nitrogens with zero attached hydrogens (tertiary/aromatic N) is 1. The smallest absolute Gasteiger partial charge is 0.259 e. The molecule has 3 aromatic rings. The highest BCUT2D eigenvalue weighted by atomic mass is 16.3. The minimum atomic E-state index is -0.174. The molecule has 1 saturated carbocycles. The molecule has 34 heavy (non-hydrogen) atoms. The van der Waals surface area contributed by atoms with E-state index in [1.807, 2.05) is 42.5 Å². The van der Waals surface area contributed by atoms with Crippen LogP contribution in [0.15, 0.2) is 59.2 Å². The Hall–Kier alpha value is -3.12. The van der Waals surface area contributed by atoms with Crippen molar-refractivity contribution in [2.24, 2.45) is 5.92 Å². The summed E-state index contributed by atoms with van der Waals surface area (Å²) in [6.07, 6.45) is 9.37. The molecule has 1 saturated heterocycles. The highest BCUT2D eigenvalue weighted by Crippen LogP contribution is 2.24. The minimum Gasteiger partial charge on any atom is -0.463 e. The van der Waals surface area contributed by atoms with Gasteiger partial charge >= 0.3 is 0 Å². The number of anilines is 1. The van der Waals surface area contributed by atoms with Crippen molar-refractivity contribution in [3.8, 4) is 0 Å². The predicted octanol–water partition coefficient (Wildman–Crippen LogP) is 5.35. The van der Waals surface area contributed by atoms with E-state index in [9.17, 15) is 9.59 Å². The van der Waals surface area contributed by atoms with Gasteiger partial charge in [0.15, 0.2) is 0 Å². The van der Waals surface area contributed by atoms with Crippen molar-refractivity contribution in [1.29, 1.82) is 0 Å². The Morgan fingerprint density at radius 3 is 2.56 bits per heavy atom. The maximum atomic E-state index is 12.8. The van der Waals surface area contributed by atoms with Crippen molar-refractivity contribution in [3.05, 3.63) is 65.9 Å². The predicted molar refractivity (Wildman–Crippen MR) is 134 cm³/mol. The average molecular weight is 460 g/mol. The molecular formula is C28H33N3O3. The summed E-state index contributed by atoms with van der Waals surface area (Å²) in [5, 5.41) is 7.11. The van der Waals surface area contributed by atoms with Crippen LogP contribution >= 0.6 is 0 Å². The first-order valence-electron chi connectivity index (χ1n) is 12.5. The van der Waals surface area contributed by atoms with Crippen molar-refractivity contribution < 1.29 is 14.0 Å². The number of piperidine rings is 1. The summed E-state index contributed by atoms with van der Waals surface area (Å²) >= 11 is 0. The van der Waals surface area contributed by atoms with Crippen LogP contribution in [0.25, 0.3) is 11.0 Å². The van der Waals surface area contributed by atoms with Crippen LogP contribution in [-0.4, -0.2) is 35.8 Å². The number of para-hydroxylation sites is 1. The monoisotopic (exact) mass is 459 g/mol. The van der Waals surface area contributed by atoms with E-state index in [1.54, 1.807) is 0 Å². The lowest BCUT2D eigenvalue weighted by Crippen LogP contribution is -2.44. The summed E-state index contributed by atoms with van der Waals surface area (Å²) in [6, 6.07) is 15.9. The maximum Gasteiger partial charge on any atom is 0.259 e. The lowest BCUT2D eigenvalue weighted by atomic mass is 9.92. The third-order valence-corrected chi connectivity index (χ3v) is 7.23. The normalized spacial score (nSPS) is 18.1. The zero-order valence-electron chi connectivity index (χ0n) is 19.6. The quantitative estimate of drug-likeness (QED) is 0.521. The molecule has 1 aromatic heterocycles. The van der Waals surface area contributed by atoms with E-state index in [0.717, 1.165) is 62.0 Å². The number of amides is 2. The van der Waals surface area contributed by atoms with Crippen LogP contribution in [-0.2, 0) is 11.3 Å². The fraction of sp³-hybridized carbons (Fsp3) is 0.429. The van der Waals surface area contributed by atoms with Crippen molar-refractivity contribution in [2.75, 3.05) is 18.4 Å². The van der Waals surface area contributed by atoms with E-state index in [-0.39, 0.29) is 17.7 Å². The Balaban J connectivity index is 1.13. The molecule has 2 N–H and O–H groups in total. The van der Waals surface area contributed by atoms with Gasteiger partial charge in [0.1, 0.15) is 11.8 Å². The van der Waals surface area contributed by atoms with Crippen LogP contribution in [0.4, 0.5) is 5.69 Å². The van der Waals surface area contributed by atoms with Crippen LogP contribution in [0, 0.1) is 5.92 Å². The fourth-order valence-corrected chi connectivity index (χ4v) is 5.28. The van der Waals surface area contributed by atoms with Gasteiger partial charge < -0.3 is 15.1 Å². The van der Waals surface area contributed by atoms with Gasteiger partial charge in [-0.2, -0.15) is 0 Å². The summed E-state index contributed by atoms with van der Waals surface area (Å²) in [7, 11) is 0. The number of rotatable bonds is 6. The number of benzene rings is 2. The lowest BCUT2D eigenvalue weighted by molar-refractivity contribution is -0.127. The molecule has 0 spiro atoms.